The van der Waals surface area contributed by atoms with E-state index >= 15 is 0 Å². The number of hydrogen-bond acceptors (Lipinski definition) is 1. The minimum atomic E-state index is 0.394. The van der Waals surface area contributed by atoms with Gasteiger partial charge in [0.1, 0.15) is 0 Å². The fourth-order valence-electron chi connectivity index (χ4n) is 3.22. The Balaban J connectivity index is 1.93. The van der Waals surface area contributed by atoms with Crippen LogP contribution in [0.1, 0.15) is 28.2 Å². The van der Waals surface area contributed by atoms with Crippen molar-refractivity contribution in [3.05, 3.63) is 70.8 Å². The van der Waals surface area contributed by atoms with E-state index in [2.05, 4.69) is 48.5 Å². The van der Waals surface area contributed by atoms with Crippen LogP contribution in [0.2, 0.25) is 0 Å². The number of ether oxygens (including phenoxy) is 1. The van der Waals surface area contributed by atoms with Crippen molar-refractivity contribution in [2.75, 3.05) is 6.61 Å². The van der Waals surface area contributed by atoms with Crippen LogP contribution in [0.15, 0.2) is 48.5 Å². The van der Waals surface area contributed by atoms with Crippen LogP contribution in [-0.2, 0) is 17.6 Å². The summed E-state index contributed by atoms with van der Waals surface area (Å²) in [5, 5.41) is 0. The van der Waals surface area contributed by atoms with Crippen molar-refractivity contribution in [1.82, 2.24) is 0 Å². The Hall–Kier alpha value is -1.60. The van der Waals surface area contributed by atoms with Gasteiger partial charge in [0.05, 0.1) is 12.7 Å². The molecular weight excluding hydrogens is 220 g/mol. The highest BCUT2D eigenvalue weighted by Crippen LogP contribution is 2.41. The Bertz CT molecular complexity index is 536. The van der Waals surface area contributed by atoms with E-state index in [0.717, 1.165) is 19.4 Å². The molecule has 0 amide bonds. The summed E-state index contributed by atoms with van der Waals surface area (Å²) in [7, 11) is 0. The Morgan fingerprint density at radius 2 is 1.28 bits per heavy atom. The molecule has 0 N–H and O–H groups in total. The van der Waals surface area contributed by atoms with Crippen molar-refractivity contribution < 1.29 is 4.74 Å². The van der Waals surface area contributed by atoms with Gasteiger partial charge in [-0.25, -0.2) is 0 Å². The first-order chi connectivity index (χ1) is 8.93. The van der Waals surface area contributed by atoms with Gasteiger partial charge in [-0.1, -0.05) is 48.5 Å². The van der Waals surface area contributed by atoms with E-state index in [9.17, 15) is 0 Å². The van der Waals surface area contributed by atoms with Crippen molar-refractivity contribution in [2.24, 2.45) is 0 Å². The van der Waals surface area contributed by atoms with Crippen LogP contribution in [0.25, 0.3) is 0 Å². The van der Waals surface area contributed by atoms with Gasteiger partial charge in [0.25, 0.3) is 0 Å². The van der Waals surface area contributed by atoms with Crippen molar-refractivity contribution in [3.8, 4) is 0 Å². The maximum absolute atomic E-state index is 5.62. The van der Waals surface area contributed by atoms with Crippen molar-refractivity contribution in [2.45, 2.75) is 24.9 Å². The molecule has 1 aliphatic carbocycles. The van der Waals surface area contributed by atoms with Gasteiger partial charge < -0.3 is 4.74 Å². The second-order valence-electron chi connectivity index (χ2n) is 5.25. The van der Waals surface area contributed by atoms with Crippen molar-refractivity contribution in [3.63, 3.8) is 0 Å². The molecule has 0 bridgehead atoms. The maximum Gasteiger partial charge on any atom is 0.0918 e. The lowest BCUT2D eigenvalue weighted by Gasteiger charge is -2.18. The summed E-state index contributed by atoms with van der Waals surface area (Å²) < 4.78 is 5.62. The van der Waals surface area contributed by atoms with Gasteiger partial charge in [-0.3, -0.25) is 0 Å². The summed E-state index contributed by atoms with van der Waals surface area (Å²) in [4.78, 5) is 0. The van der Waals surface area contributed by atoms with E-state index in [1.165, 1.54) is 22.3 Å². The third-order valence-corrected chi connectivity index (χ3v) is 4.17. The smallest absolute Gasteiger partial charge is 0.0918 e. The molecule has 90 valence electrons. The number of hydrogen-bond donors (Lipinski definition) is 0. The summed E-state index contributed by atoms with van der Waals surface area (Å²) in [5.74, 6) is 0.444. The molecule has 1 saturated heterocycles. The van der Waals surface area contributed by atoms with Crippen molar-refractivity contribution >= 4 is 0 Å². The molecule has 0 aromatic heterocycles. The van der Waals surface area contributed by atoms with Crippen LogP contribution in [-0.4, -0.2) is 12.7 Å². The molecule has 1 heteroatoms. The third-order valence-electron chi connectivity index (χ3n) is 4.17. The summed E-state index contributed by atoms with van der Waals surface area (Å²) in [6, 6.07) is 17.7. The summed E-state index contributed by atoms with van der Waals surface area (Å²) >= 11 is 0. The van der Waals surface area contributed by atoms with Crippen LogP contribution in [0.4, 0.5) is 0 Å². The number of fused-ring (bicyclic) bond motifs is 2. The Morgan fingerprint density at radius 1 is 0.778 bits per heavy atom. The lowest BCUT2D eigenvalue weighted by molar-refractivity contribution is 0.389. The molecular formula is C17H16O. The highest BCUT2D eigenvalue weighted by molar-refractivity contribution is 5.46. The molecule has 0 saturated carbocycles. The lowest BCUT2D eigenvalue weighted by atomic mass is 9.86. The molecule has 2 aromatic carbocycles. The van der Waals surface area contributed by atoms with Crippen molar-refractivity contribution in [1.29, 1.82) is 0 Å². The van der Waals surface area contributed by atoms with E-state index < -0.39 is 0 Å². The van der Waals surface area contributed by atoms with E-state index in [0.29, 0.717) is 12.0 Å². The van der Waals surface area contributed by atoms with Crippen LogP contribution >= 0.6 is 0 Å². The molecule has 1 nitrogen and oxygen atoms in total. The molecule has 1 atom stereocenters. The molecule has 0 radical (unpaired) electrons. The fraction of sp³-hybridized carbons (Fsp3) is 0.294. The number of rotatable bonds is 1. The first kappa shape index (κ1) is 10.3. The van der Waals surface area contributed by atoms with E-state index in [1.54, 1.807) is 0 Å². The van der Waals surface area contributed by atoms with Crippen LogP contribution in [0, 0.1) is 0 Å². The normalized spacial score (nSPS) is 21.9. The molecule has 1 aliphatic heterocycles. The van der Waals surface area contributed by atoms with Crippen LogP contribution < -0.4 is 0 Å². The van der Waals surface area contributed by atoms with Gasteiger partial charge in [-0.15, -0.1) is 0 Å². The predicted octanol–water partition coefficient (Wildman–Crippen LogP) is 3.32. The van der Waals surface area contributed by atoms with Gasteiger partial charge in [0.2, 0.25) is 0 Å². The summed E-state index contributed by atoms with van der Waals surface area (Å²) in [5.41, 5.74) is 5.94. The monoisotopic (exact) mass is 236 g/mol. The van der Waals surface area contributed by atoms with Gasteiger partial charge in [0, 0.05) is 5.92 Å². The molecule has 4 rings (SSSR count). The zero-order chi connectivity index (χ0) is 11.9. The van der Waals surface area contributed by atoms with Gasteiger partial charge in [-0.05, 0) is 35.1 Å². The van der Waals surface area contributed by atoms with E-state index in [-0.39, 0.29) is 0 Å². The zero-order valence-corrected chi connectivity index (χ0v) is 10.3. The minimum absolute atomic E-state index is 0.394. The molecule has 1 fully saturated rings. The molecule has 1 unspecified atom stereocenters. The molecule has 1 heterocycles. The highest BCUT2D eigenvalue weighted by atomic mass is 16.6. The fourth-order valence-corrected chi connectivity index (χ4v) is 3.22. The molecule has 18 heavy (non-hydrogen) atoms. The topological polar surface area (TPSA) is 12.5 Å². The number of benzene rings is 2. The lowest BCUT2D eigenvalue weighted by Crippen LogP contribution is -2.10. The minimum Gasteiger partial charge on any atom is -0.372 e. The average molecular weight is 236 g/mol. The van der Waals surface area contributed by atoms with Gasteiger partial charge in [-0.2, -0.15) is 0 Å². The highest BCUT2D eigenvalue weighted by Gasteiger charge is 2.37. The molecule has 2 aromatic rings. The first-order valence-corrected chi connectivity index (χ1v) is 6.71. The number of aryl methyl sites for hydroxylation is 2. The average Bonchev–Trinajstić information content (AvgIpc) is 3.23. The second kappa shape index (κ2) is 3.96. The quantitative estimate of drug-likeness (QED) is 0.692. The number of epoxide rings is 1. The Kier molecular flexibility index (Phi) is 2.27. The first-order valence-electron chi connectivity index (χ1n) is 6.71. The standard InChI is InChI=1S/C17H16O/c1-3-7-14-12(5-1)9-10-13-6-2-4-8-15(13)17(14)16-11-18-16/h1-8,16-17H,9-11H2. The molecule has 2 aliphatic rings. The second-order valence-corrected chi connectivity index (χ2v) is 5.25. The van der Waals surface area contributed by atoms with Gasteiger partial charge >= 0.3 is 0 Å². The summed E-state index contributed by atoms with van der Waals surface area (Å²) in [6.07, 6.45) is 2.69. The Labute approximate surface area is 107 Å². The predicted molar refractivity (Wildman–Crippen MR) is 71.9 cm³/mol. The zero-order valence-electron chi connectivity index (χ0n) is 10.3. The summed E-state index contributed by atoms with van der Waals surface area (Å²) in [6.45, 7) is 0.910. The van der Waals surface area contributed by atoms with E-state index in [1.807, 2.05) is 0 Å². The Morgan fingerprint density at radius 3 is 1.78 bits per heavy atom. The SMILES string of the molecule is c1ccc2c(c1)CCc1ccccc1C2C1CO1. The maximum atomic E-state index is 5.62. The molecule has 0 spiro atoms. The third kappa shape index (κ3) is 1.58. The van der Waals surface area contributed by atoms with Crippen LogP contribution in [0.5, 0.6) is 0 Å². The largest absolute Gasteiger partial charge is 0.372 e. The van der Waals surface area contributed by atoms with E-state index in [4.69, 9.17) is 4.74 Å². The van der Waals surface area contributed by atoms with Gasteiger partial charge in [0.15, 0.2) is 0 Å². The van der Waals surface area contributed by atoms with Crippen LogP contribution in [0.3, 0.4) is 0 Å².